The van der Waals surface area contributed by atoms with E-state index >= 15 is 0 Å². The van der Waals surface area contributed by atoms with Gasteiger partial charge in [0.2, 0.25) is 0 Å². The molecule has 17 heavy (non-hydrogen) atoms. The van der Waals surface area contributed by atoms with E-state index in [-0.39, 0.29) is 17.6 Å². The molecule has 1 fully saturated rings. The topological polar surface area (TPSA) is 52.3 Å². The Bertz CT molecular complexity index is 250. The minimum absolute atomic E-state index is 0.126. The Balaban J connectivity index is 2.31. The van der Waals surface area contributed by atoms with E-state index < -0.39 is 0 Å². The average Bonchev–Trinajstić information content (AvgIpc) is 2.37. The maximum absolute atomic E-state index is 11.6. The third-order valence-electron chi connectivity index (χ3n) is 2.84. The van der Waals surface area contributed by atoms with Gasteiger partial charge in [0.05, 0.1) is 5.75 Å². The van der Waals surface area contributed by atoms with Crippen molar-refractivity contribution in [3.05, 3.63) is 0 Å². The minimum atomic E-state index is -0.386. The van der Waals surface area contributed by atoms with Gasteiger partial charge in [-0.15, -0.1) is 11.8 Å². The third kappa shape index (κ3) is 6.32. The quantitative estimate of drug-likeness (QED) is 0.625. The summed E-state index contributed by atoms with van der Waals surface area (Å²) in [6.07, 6.45) is 5.96. The van der Waals surface area contributed by atoms with Crippen LogP contribution in [0.3, 0.4) is 0 Å². The van der Waals surface area contributed by atoms with E-state index in [0.29, 0.717) is 11.0 Å². The third-order valence-corrected chi connectivity index (χ3v) is 4.25. The number of carbonyl (C=O) groups excluding carboxylic acids is 1. The molecule has 0 spiro atoms. The summed E-state index contributed by atoms with van der Waals surface area (Å²) >= 11 is 1.67. The summed E-state index contributed by atoms with van der Waals surface area (Å²) in [5.74, 6) is 0.300. The fourth-order valence-corrected chi connectivity index (χ4v) is 3.18. The molecule has 2 N–H and O–H groups in total. The second kappa shape index (κ2) is 6.64. The maximum atomic E-state index is 11.6. The molecule has 0 aromatic carbocycles. The van der Waals surface area contributed by atoms with Crippen LogP contribution in [0.1, 0.15) is 52.9 Å². The van der Waals surface area contributed by atoms with Gasteiger partial charge in [0.1, 0.15) is 5.60 Å². The Labute approximate surface area is 109 Å². The zero-order valence-corrected chi connectivity index (χ0v) is 12.0. The smallest absolute Gasteiger partial charge is 0.316 e. The molecule has 0 radical (unpaired) electrons. The van der Waals surface area contributed by atoms with Gasteiger partial charge in [0.25, 0.3) is 0 Å². The molecule has 1 aliphatic carbocycles. The highest BCUT2D eigenvalue weighted by Gasteiger charge is 2.23. The minimum Gasteiger partial charge on any atom is -0.459 e. The van der Waals surface area contributed by atoms with Gasteiger partial charge in [0.15, 0.2) is 0 Å². The van der Waals surface area contributed by atoms with Crippen LogP contribution in [-0.4, -0.2) is 28.6 Å². The largest absolute Gasteiger partial charge is 0.459 e. The Hall–Kier alpha value is -0.220. The fourth-order valence-electron chi connectivity index (χ4n) is 2.06. The van der Waals surface area contributed by atoms with Crippen LogP contribution < -0.4 is 5.73 Å². The van der Waals surface area contributed by atoms with Gasteiger partial charge in [0, 0.05) is 11.3 Å². The molecule has 0 saturated heterocycles. The molecule has 100 valence electrons. The fraction of sp³-hybridized carbons (Fsp3) is 0.923. The number of rotatable bonds is 3. The van der Waals surface area contributed by atoms with Crippen LogP contribution >= 0.6 is 11.8 Å². The van der Waals surface area contributed by atoms with E-state index in [1.807, 2.05) is 20.8 Å². The van der Waals surface area contributed by atoms with Crippen molar-refractivity contribution in [2.24, 2.45) is 5.73 Å². The predicted molar refractivity (Wildman–Crippen MR) is 73.2 cm³/mol. The van der Waals surface area contributed by atoms with Crippen molar-refractivity contribution in [2.75, 3.05) is 5.75 Å². The molecule has 0 aliphatic heterocycles. The number of nitrogens with two attached hydrogens (primary N) is 1. The summed E-state index contributed by atoms with van der Waals surface area (Å²) in [5.41, 5.74) is 5.73. The van der Waals surface area contributed by atoms with Crippen molar-refractivity contribution in [3.8, 4) is 0 Å². The summed E-state index contributed by atoms with van der Waals surface area (Å²) in [6.45, 7) is 5.69. The van der Waals surface area contributed by atoms with Gasteiger partial charge in [-0.05, 0) is 33.6 Å². The van der Waals surface area contributed by atoms with E-state index in [1.165, 1.54) is 19.3 Å². The summed E-state index contributed by atoms with van der Waals surface area (Å²) in [5, 5.41) is 0.421. The molecule has 0 aromatic rings. The van der Waals surface area contributed by atoms with Crippen molar-refractivity contribution >= 4 is 17.7 Å². The van der Waals surface area contributed by atoms with Gasteiger partial charge in [-0.3, -0.25) is 4.79 Å². The molecule has 0 aromatic heterocycles. The van der Waals surface area contributed by atoms with Gasteiger partial charge in [-0.25, -0.2) is 0 Å². The van der Waals surface area contributed by atoms with Gasteiger partial charge in [-0.2, -0.15) is 0 Å². The first kappa shape index (κ1) is 14.8. The van der Waals surface area contributed by atoms with Crippen molar-refractivity contribution < 1.29 is 9.53 Å². The number of carbonyl (C=O) groups is 1. The Morgan fingerprint density at radius 1 is 1.29 bits per heavy atom. The van der Waals surface area contributed by atoms with Crippen LogP contribution in [-0.2, 0) is 9.53 Å². The zero-order valence-electron chi connectivity index (χ0n) is 11.2. The maximum Gasteiger partial charge on any atom is 0.316 e. The van der Waals surface area contributed by atoms with Crippen LogP contribution in [0.15, 0.2) is 0 Å². The average molecular weight is 259 g/mol. The summed E-state index contributed by atoms with van der Waals surface area (Å²) in [7, 11) is 0. The van der Waals surface area contributed by atoms with Crippen LogP contribution in [0.4, 0.5) is 0 Å². The number of hydrogen-bond donors (Lipinski definition) is 1. The molecule has 1 saturated carbocycles. The van der Waals surface area contributed by atoms with E-state index in [0.717, 1.165) is 12.8 Å². The van der Waals surface area contributed by atoms with E-state index in [1.54, 1.807) is 11.8 Å². The molecule has 0 heterocycles. The summed E-state index contributed by atoms with van der Waals surface area (Å²) < 4.78 is 5.29. The van der Waals surface area contributed by atoms with E-state index in [4.69, 9.17) is 10.5 Å². The first-order valence-corrected chi connectivity index (χ1v) is 7.52. The first-order valence-electron chi connectivity index (χ1n) is 6.47. The van der Waals surface area contributed by atoms with E-state index in [2.05, 4.69) is 0 Å². The van der Waals surface area contributed by atoms with Crippen LogP contribution in [0.2, 0.25) is 0 Å². The summed E-state index contributed by atoms with van der Waals surface area (Å²) in [4.78, 5) is 11.6. The Morgan fingerprint density at radius 3 is 2.59 bits per heavy atom. The molecule has 2 atom stereocenters. The van der Waals surface area contributed by atoms with Crippen LogP contribution in [0.25, 0.3) is 0 Å². The first-order chi connectivity index (χ1) is 7.88. The van der Waals surface area contributed by atoms with Crippen LogP contribution in [0.5, 0.6) is 0 Å². The lowest BCUT2D eigenvalue weighted by Crippen LogP contribution is -2.32. The molecule has 3 nitrogen and oxygen atoms in total. The lowest BCUT2D eigenvalue weighted by molar-refractivity contribution is -0.151. The second-order valence-corrected chi connectivity index (χ2v) is 6.97. The monoisotopic (exact) mass is 259 g/mol. The lowest BCUT2D eigenvalue weighted by atomic mass is 10.1. The van der Waals surface area contributed by atoms with Crippen molar-refractivity contribution in [3.63, 3.8) is 0 Å². The Morgan fingerprint density at radius 2 is 1.94 bits per heavy atom. The SMILES string of the molecule is CC(C)(C)OC(=O)CSC1CCCCCC1N. The molecule has 1 aliphatic rings. The normalized spacial score (nSPS) is 26.4. The second-order valence-electron chi connectivity index (χ2n) is 5.74. The predicted octanol–water partition coefficient (Wildman–Crippen LogP) is 2.72. The van der Waals surface area contributed by atoms with Crippen molar-refractivity contribution in [1.82, 2.24) is 0 Å². The lowest BCUT2D eigenvalue weighted by Gasteiger charge is -2.22. The number of thioether (sulfide) groups is 1. The number of hydrogen-bond acceptors (Lipinski definition) is 4. The van der Waals surface area contributed by atoms with Crippen LogP contribution in [0, 0.1) is 0 Å². The molecular formula is C13H25NO2S. The zero-order chi connectivity index (χ0) is 12.9. The number of ether oxygens (including phenoxy) is 1. The standard InChI is InChI=1S/C13H25NO2S/c1-13(2,3)16-12(15)9-17-11-8-6-4-5-7-10(11)14/h10-11H,4-9,14H2,1-3H3. The van der Waals surface area contributed by atoms with E-state index in [9.17, 15) is 4.79 Å². The molecule has 0 amide bonds. The highest BCUT2D eigenvalue weighted by Crippen LogP contribution is 2.27. The summed E-state index contributed by atoms with van der Waals surface area (Å²) in [6, 6.07) is 0.241. The van der Waals surface area contributed by atoms with Crippen molar-refractivity contribution in [2.45, 2.75) is 69.8 Å². The molecule has 4 heteroatoms. The van der Waals surface area contributed by atoms with Crippen molar-refractivity contribution in [1.29, 1.82) is 0 Å². The van der Waals surface area contributed by atoms with Gasteiger partial charge < -0.3 is 10.5 Å². The van der Waals surface area contributed by atoms with Gasteiger partial charge >= 0.3 is 5.97 Å². The van der Waals surface area contributed by atoms with Gasteiger partial charge in [-0.1, -0.05) is 19.3 Å². The number of esters is 1. The molecule has 2 unspecified atom stereocenters. The highest BCUT2D eigenvalue weighted by molar-refractivity contribution is 8.00. The molecule has 0 bridgehead atoms. The Kier molecular flexibility index (Phi) is 5.80. The highest BCUT2D eigenvalue weighted by atomic mass is 32.2. The molecule has 1 rings (SSSR count). The molecular weight excluding hydrogens is 234 g/mol.